The second-order valence-corrected chi connectivity index (χ2v) is 4.83. The van der Waals surface area contributed by atoms with Gasteiger partial charge in [0, 0.05) is 24.3 Å². The number of hydrogen-bond donors (Lipinski definition) is 3. The van der Waals surface area contributed by atoms with Gasteiger partial charge < -0.3 is 16.0 Å². The van der Waals surface area contributed by atoms with Crippen molar-refractivity contribution in [1.29, 1.82) is 5.41 Å². The molecule has 0 fully saturated rings. The number of para-hydroxylation sites is 1. The Morgan fingerprint density at radius 2 is 2.24 bits per heavy atom. The zero-order valence-electron chi connectivity index (χ0n) is 10.4. The van der Waals surface area contributed by atoms with Gasteiger partial charge in [0.2, 0.25) is 0 Å². The maximum atomic E-state index is 7.58. The van der Waals surface area contributed by atoms with Crippen molar-refractivity contribution < 1.29 is 0 Å². The van der Waals surface area contributed by atoms with Gasteiger partial charge in [-0.3, -0.25) is 5.41 Å². The highest BCUT2D eigenvalue weighted by atomic mass is 15.3. The fourth-order valence-electron chi connectivity index (χ4n) is 2.31. The number of anilines is 1. The summed E-state index contributed by atoms with van der Waals surface area (Å²) < 4.78 is 0. The third-order valence-corrected chi connectivity index (χ3v) is 3.19. The van der Waals surface area contributed by atoms with Crippen LogP contribution in [0.15, 0.2) is 24.3 Å². The molecule has 1 aliphatic rings. The molecule has 0 saturated heterocycles. The highest BCUT2D eigenvalue weighted by Crippen LogP contribution is 2.25. The van der Waals surface area contributed by atoms with Gasteiger partial charge in [-0.25, -0.2) is 0 Å². The van der Waals surface area contributed by atoms with Crippen LogP contribution in [0.1, 0.15) is 19.4 Å². The second-order valence-electron chi connectivity index (χ2n) is 4.83. The summed E-state index contributed by atoms with van der Waals surface area (Å²) in [4.78, 5) is 1.92. The number of nitrogens with zero attached hydrogens (tertiary/aromatic N) is 1. The summed E-state index contributed by atoms with van der Waals surface area (Å²) in [6.07, 6.45) is 1.01. The smallest absolute Gasteiger partial charge is 0.188 e. The van der Waals surface area contributed by atoms with E-state index in [1.807, 2.05) is 11.0 Å². The number of fused-ring (bicyclic) bond motifs is 1. The molecule has 4 N–H and O–H groups in total. The van der Waals surface area contributed by atoms with E-state index in [-0.39, 0.29) is 12.0 Å². The van der Waals surface area contributed by atoms with Gasteiger partial charge in [-0.05, 0) is 31.9 Å². The van der Waals surface area contributed by atoms with E-state index < -0.39 is 0 Å². The highest BCUT2D eigenvalue weighted by molar-refractivity contribution is 5.75. The highest BCUT2D eigenvalue weighted by Gasteiger charge is 2.23. The van der Waals surface area contributed by atoms with Crippen LogP contribution >= 0.6 is 0 Å². The molecule has 0 amide bonds. The van der Waals surface area contributed by atoms with Crippen LogP contribution in [0.3, 0.4) is 0 Å². The summed E-state index contributed by atoms with van der Waals surface area (Å²) >= 11 is 0. The van der Waals surface area contributed by atoms with E-state index in [4.69, 9.17) is 11.1 Å². The lowest BCUT2D eigenvalue weighted by atomic mass is 10.1. The maximum Gasteiger partial charge on any atom is 0.188 e. The van der Waals surface area contributed by atoms with Crippen LogP contribution in [0.5, 0.6) is 0 Å². The summed E-state index contributed by atoms with van der Waals surface area (Å²) in [5, 5.41) is 11.1. The van der Waals surface area contributed by atoms with Gasteiger partial charge in [0.15, 0.2) is 5.96 Å². The standard InChI is InChI=1S/C13H20N4/c1-9(2)17(13(14)15)8-11-7-10-5-3-4-6-12(10)16-11/h3-6,9,11,16H,7-8H2,1-2H3,(H3,14,15). The van der Waals surface area contributed by atoms with E-state index in [1.54, 1.807) is 0 Å². The van der Waals surface area contributed by atoms with Gasteiger partial charge in [0.25, 0.3) is 0 Å². The molecule has 2 rings (SSSR count). The Balaban J connectivity index is 2.01. The zero-order chi connectivity index (χ0) is 12.4. The number of hydrogen-bond acceptors (Lipinski definition) is 2. The van der Waals surface area contributed by atoms with Crippen molar-refractivity contribution in [3.05, 3.63) is 29.8 Å². The molecule has 1 aliphatic heterocycles. The van der Waals surface area contributed by atoms with E-state index in [1.165, 1.54) is 11.3 Å². The van der Waals surface area contributed by atoms with Crippen molar-refractivity contribution in [3.8, 4) is 0 Å². The quantitative estimate of drug-likeness (QED) is 0.548. The largest absolute Gasteiger partial charge is 0.380 e. The molecule has 92 valence electrons. The number of nitrogens with one attached hydrogen (secondary N) is 2. The number of nitrogens with two attached hydrogens (primary N) is 1. The van der Waals surface area contributed by atoms with Crippen molar-refractivity contribution in [2.75, 3.05) is 11.9 Å². The molecule has 0 spiro atoms. The van der Waals surface area contributed by atoms with Crippen molar-refractivity contribution in [2.24, 2.45) is 5.73 Å². The molecule has 4 heteroatoms. The van der Waals surface area contributed by atoms with Crippen molar-refractivity contribution >= 4 is 11.6 Å². The summed E-state index contributed by atoms with van der Waals surface area (Å²) in [5.74, 6) is 0.151. The van der Waals surface area contributed by atoms with Gasteiger partial charge in [0.05, 0.1) is 0 Å². The molecule has 1 heterocycles. The van der Waals surface area contributed by atoms with Crippen LogP contribution in [0, 0.1) is 5.41 Å². The fourth-order valence-corrected chi connectivity index (χ4v) is 2.31. The van der Waals surface area contributed by atoms with E-state index in [2.05, 4.69) is 37.4 Å². The minimum atomic E-state index is 0.151. The average molecular weight is 232 g/mol. The van der Waals surface area contributed by atoms with Crippen LogP contribution in [-0.4, -0.2) is 29.5 Å². The monoisotopic (exact) mass is 232 g/mol. The lowest BCUT2D eigenvalue weighted by Crippen LogP contribution is -2.46. The first-order valence-electron chi connectivity index (χ1n) is 6.03. The first-order valence-corrected chi connectivity index (χ1v) is 6.03. The van der Waals surface area contributed by atoms with Crippen molar-refractivity contribution in [2.45, 2.75) is 32.4 Å². The van der Waals surface area contributed by atoms with Gasteiger partial charge in [0.1, 0.15) is 0 Å². The van der Waals surface area contributed by atoms with Crippen molar-refractivity contribution in [1.82, 2.24) is 4.90 Å². The second kappa shape index (κ2) is 4.65. The predicted octanol–water partition coefficient (Wildman–Crippen LogP) is 1.63. The Kier molecular flexibility index (Phi) is 3.22. The van der Waals surface area contributed by atoms with Crippen molar-refractivity contribution in [3.63, 3.8) is 0 Å². The first-order chi connectivity index (χ1) is 8.08. The Morgan fingerprint density at radius 1 is 1.53 bits per heavy atom. The van der Waals surface area contributed by atoms with Gasteiger partial charge in [-0.1, -0.05) is 18.2 Å². The molecule has 17 heavy (non-hydrogen) atoms. The molecule has 4 nitrogen and oxygen atoms in total. The normalized spacial score (nSPS) is 17.7. The molecule has 0 aromatic heterocycles. The van der Waals surface area contributed by atoms with Gasteiger partial charge in [-0.15, -0.1) is 0 Å². The lowest BCUT2D eigenvalue weighted by Gasteiger charge is -2.29. The minimum Gasteiger partial charge on any atom is -0.380 e. The molecule has 1 aromatic carbocycles. The topological polar surface area (TPSA) is 65.1 Å². The number of rotatable bonds is 3. The Hall–Kier alpha value is -1.71. The molecule has 0 radical (unpaired) electrons. The molecular weight excluding hydrogens is 212 g/mol. The SMILES string of the molecule is CC(C)N(CC1Cc2ccccc2N1)C(=N)N. The molecule has 1 unspecified atom stereocenters. The van der Waals surface area contributed by atoms with E-state index >= 15 is 0 Å². The molecular formula is C13H20N4. The summed E-state index contributed by atoms with van der Waals surface area (Å²) in [5.41, 5.74) is 8.17. The van der Waals surface area contributed by atoms with Crippen LogP contribution < -0.4 is 11.1 Å². The van der Waals surface area contributed by atoms with E-state index in [0.29, 0.717) is 6.04 Å². The van der Waals surface area contributed by atoms with Crippen LogP contribution in [0.2, 0.25) is 0 Å². The maximum absolute atomic E-state index is 7.58. The van der Waals surface area contributed by atoms with E-state index in [0.717, 1.165) is 13.0 Å². The third kappa shape index (κ3) is 2.52. The lowest BCUT2D eigenvalue weighted by molar-refractivity contribution is 0.329. The van der Waals surface area contributed by atoms with Crippen LogP contribution in [0.4, 0.5) is 5.69 Å². The van der Waals surface area contributed by atoms with Gasteiger partial charge >= 0.3 is 0 Å². The first kappa shape index (κ1) is 11.8. The van der Waals surface area contributed by atoms with Crippen LogP contribution in [-0.2, 0) is 6.42 Å². The zero-order valence-corrected chi connectivity index (χ0v) is 10.4. The summed E-state index contributed by atoms with van der Waals surface area (Å²) in [6, 6.07) is 8.96. The van der Waals surface area contributed by atoms with E-state index in [9.17, 15) is 0 Å². The number of guanidine groups is 1. The van der Waals surface area contributed by atoms with Crippen LogP contribution in [0.25, 0.3) is 0 Å². The average Bonchev–Trinajstić information content (AvgIpc) is 2.67. The fraction of sp³-hybridized carbons (Fsp3) is 0.462. The number of benzene rings is 1. The molecule has 0 saturated carbocycles. The summed E-state index contributed by atoms with van der Waals surface area (Å²) in [7, 11) is 0. The molecule has 0 bridgehead atoms. The Morgan fingerprint density at radius 3 is 2.82 bits per heavy atom. The molecule has 1 atom stereocenters. The minimum absolute atomic E-state index is 0.151. The van der Waals surface area contributed by atoms with Gasteiger partial charge in [-0.2, -0.15) is 0 Å². The Bertz CT molecular complexity index is 389. The Labute approximate surface area is 102 Å². The third-order valence-electron chi connectivity index (χ3n) is 3.19. The predicted molar refractivity (Wildman–Crippen MR) is 71.3 cm³/mol. The molecule has 1 aromatic rings. The summed E-state index contributed by atoms with van der Waals surface area (Å²) in [6.45, 7) is 4.90. The molecule has 0 aliphatic carbocycles.